The maximum absolute atomic E-state index is 11.0. The number of hydrogen-bond donors (Lipinski definition) is 1. The Morgan fingerprint density at radius 2 is 1.95 bits per heavy atom. The van der Waals surface area contributed by atoms with E-state index in [1.165, 1.54) is 0 Å². The molecule has 0 spiro atoms. The molecule has 3 rings (SSSR count). The predicted molar refractivity (Wildman–Crippen MR) is 73.3 cm³/mol. The van der Waals surface area contributed by atoms with Crippen molar-refractivity contribution in [3.63, 3.8) is 0 Å². The lowest BCUT2D eigenvalue weighted by Crippen LogP contribution is -2.07. The summed E-state index contributed by atoms with van der Waals surface area (Å²) in [5.41, 5.74) is 1.67. The monoisotopic (exact) mass is 270 g/mol. The summed E-state index contributed by atoms with van der Waals surface area (Å²) < 4.78 is 11.6. The third-order valence-corrected chi connectivity index (χ3v) is 3.41. The van der Waals surface area contributed by atoms with Crippen LogP contribution in [0.25, 0.3) is 0 Å². The zero-order chi connectivity index (χ0) is 14.1. The van der Waals surface area contributed by atoms with Gasteiger partial charge in [0.25, 0.3) is 0 Å². The van der Waals surface area contributed by atoms with Crippen molar-refractivity contribution < 1.29 is 19.4 Å². The Bertz CT molecular complexity index is 663. The Morgan fingerprint density at radius 1 is 1.15 bits per heavy atom. The molecule has 0 bridgehead atoms. The van der Waals surface area contributed by atoms with Crippen molar-refractivity contribution in [1.82, 2.24) is 0 Å². The maximum atomic E-state index is 11.0. The van der Waals surface area contributed by atoms with E-state index in [0.29, 0.717) is 23.7 Å². The van der Waals surface area contributed by atoms with Crippen LogP contribution in [-0.2, 0) is 11.4 Å². The Hall–Kier alpha value is -2.49. The molecule has 0 aromatic heterocycles. The van der Waals surface area contributed by atoms with Crippen LogP contribution in [0.15, 0.2) is 42.5 Å². The summed E-state index contributed by atoms with van der Waals surface area (Å²) in [5, 5.41) is 9.06. The Kier molecular flexibility index (Phi) is 3.06. The van der Waals surface area contributed by atoms with E-state index in [9.17, 15) is 4.79 Å². The third-order valence-electron chi connectivity index (χ3n) is 3.41. The number of benzene rings is 2. The van der Waals surface area contributed by atoms with Gasteiger partial charge in [0.05, 0.1) is 5.92 Å². The van der Waals surface area contributed by atoms with Gasteiger partial charge < -0.3 is 14.6 Å². The van der Waals surface area contributed by atoms with Gasteiger partial charge in [0.1, 0.15) is 12.4 Å². The van der Waals surface area contributed by atoms with E-state index >= 15 is 0 Å². The van der Waals surface area contributed by atoms with E-state index in [-0.39, 0.29) is 0 Å². The van der Waals surface area contributed by atoms with E-state index in [2.05, 4.69) is 0 Å². The minimum Gasteiger partial charge on any atom is -0.485 e. The SMILES string of the molecule is C[C@H](C(=O)O)c1ccc2c(c1)OCc1ccccc1O2. The van der Waals surface area contributed by atoms with E-state index < -0.39 is 11.9 Å². The summed E-state index contributed by atoms with van der Waals surface area (Å²) >= 11 is 0. The average molecular weight is 270 g/mol. The molecule has 4 nitrogen and oxygen atoms in total. The quantitative estimate of drug-likeness (QED) is 0.906. The van der Waals surface area contributed by atoms with Crippen molar-refractivity contribution >= 4 is 5.97 Å². The van der Waals surface area contributed by atoms with Crippen LogP contribution in [0.3, 0.4) is 0 Å². The third kappa shape index (κ3) is 2.20. The fourth-order valence-electron chi connectivity index (χ4n) is 2.13. The number of carboxylic acid groups (broad SMARTS) is 1. The van der Waals surface area contributed by atoms with Crippen LogP contribution < -0.4 is 9.47 Å². The van der Waals surface area contributed by atoms with Gasteiger partial charge in [0.15, 0.2) is 11.5 Å². The summed E-state index contributed by atoms with van der Waals surface area (Å²) in [6, 6.07) is 12.9. The smallest absolute Gasteiger partial charge is 0.310 e. The molecule has 4 heteroatoms. The molecule has 1 atom stereocenters. The highest BCUT2D eigenvalue weighted by Gasteiger charge is 2.19. The lowest BCUT2D eigenvalue weighted by atomic mass is 10.0. The van der Waals surface area contributed by atoms with Crippen molar-refractivity contribution in [1.29, 1.82) is 0 Å². The minimum atomic E-state index is -0.859. The van der Waals surface area contributed by atoms with Crippen LogP contribution in [0, 0.1) is 0 Å². The summed E-state index contributed by atoms with van der Waals surface area (Å²) in [7, 11) is 0. The molecule has 0 aliphatic carbocycles. The number of rotatable bonds is 2. The Labute approximate surface area is 116 Å². The molecule has 2 aromatic rings. The van der Waals surface area contributed by atoms with Crippen LogP contribution in [0.2, 0.25) is 0 Å². The molecule has 0 unspecified atom stereocenters. The first kappa shape index (κ1) is 12.5. The average Bonchev–Trinajstić information content (AvgIpc) is 2.64. The van der Waals surface area contributed by atoms with Crippen LogP contribution >= 0.6 is 0 Å². The van der Waals surface area contributed by atoms with Crippen LogP contribution in [0.4, 0.5) is 0 Å². The number of ether oxygens (including phenoxy) is 2. The normalized spacial score (nSPS) is 14.1. The summed E-state index contributed by atoms with van der Waals surface area (Å²) in [4.78, 5) is 11.0. The molecule has 0 amide bonds. The first-order valence-corrected chi connectivity index (χ1v) is 6.40. The van der Waals surface area contributed by atoms with Gasteiger partial charge in [-0.2, -0.15) is 0 Å². The molecule has 0 fully saturated rings. The summed E-state index contributed by atoms with van der Waals surface area (Å²) in [6.07, 6.45) is 0. The van der Waals surface area contributed by atoms with Crippen LogP contribution in [0.1, 0.15) is 24.0 Å². The Balaban J connectivity index is 1.97. The van der Waals surface area contributed by atoms with Gasteiger partial charge in [0, 0.05) is 5.56 Å². The molecule has 0 radical (unpaired) electrons. The van der Waals surface area contributed by atoms with Gasteiger partial charge in [-0.3, -0.25) is 4.79 Å². The van der Waals surface area contributed by atoms with Gasteiger partial charge >= 0.3 is 5.97 Å². The second-order valence-corrected chi connectivity index (χ2v) is 4.76. The second kappa shape index (κ2) is 4.89. The van der Waals surface area contributed by atoms with Crippen molar-refractivity contribution in [2.24, 2.45) is 0 Å². The van der Waals surface area contributed by atoms with E-state index in [0.717, 1.165) is 11.3 Å². The molecule has 0 saturated carbocycles. The van der Waals surface area contributed by atoms with Gasteiger partial charge in [-0.15, -0.1) is 0 Å². The highest BCUT2D eigenvalue weighted by molar-refractivity contribution is 5.76. The van der Waals surface area contributed by atoms with Crippen molar-refractivity contribution in [2.45, 2.75) is 19.4 Å². The highest BCUT2D eigenvalue weighted by atomic mass is 16.5. The molecule has 1 heterocycles. The van der Waals surface area contributed by atoms with Crippen molar-refractivity contribution in [2.75, 3.05) is 0 Å². The number of carboxylic acids is 1. The molecule has 0 saturated heterocycles. The topological polar surface area (TPSA) is 55.8 Å². The lowest BCUT2D eigenvalue weighted by Gasteiger charge is -2.11. The minimum absolute atomic E-state index is 0.411. The Morgan fingerprint density at radius 3 is 2.75 bits per heavy atom. The lowest BCUT2D eigenvalue weighted by molar-refractivity contribution is -0.138. The first-order chi connectivity index (χ1) is 9.65. The fraction of sp³-hybridized carbons (Fsp3) is 0.188. The zero-order valence-corrected chi connectivity index (χ0v) is 11.0. The molecule has 1 aliphatic heterocycles. The highest BCUT2D eigenvalue weighted by Crippen LogP contribution is 2.38. The molecule has 1 aliphatic rings. The second-order valence-electron chi connectivity index (χ2n) is 4.76. The number of carbonyl (C=O) groups is 1. The van der Waals surface area contributed by atoms with Gasteiger partial charge in [-0.05, 0) is 30.7 Å². The molecule has 1 N–H and O–H groups in total. The predicted octanol–water partition coefficient (Wildman–Crippen LogP) is 3.56. The zero-order valence-electron chi connectivity index (χ0n) is 11.0. The molecule has 102 valence electrons. The van der Waals surface area contributed by atoms with Crippen LogP contribution in [0.5, 0.6) is 17.2 Å². The van der Waals surface area contributed by atoms with Gasteiger partial charge in [-0.1, -0.05) is 24.3 Å². The number of aliphatic carboxylic acids is 1. The fourth-order valence-corrected chi connectivity index (χ4v) is 2.13. The molecular formula is C16H14O4. The summed E-state index contributed by atoms with van der Waals surface area (Å²) in [6.45, 7) is 2.06. The van der Waals surface area contributed by atoms with Crippen LogP contribution in [-0.4, -0.2) is 11.1 Å². The van der Waals surface area contributed by atoms with Crippen molar-refractivity contribution in [3.8, 4) is 17.2 Å². The van der Waals surface area contributed by atoms with E-state index in [4.69, 9.17) is 14.6 Å². The number of para-hydroxylation sites is 1. The molecule has 20 heavy (non-hydrogen) atoms. The molecular weight excluding hydrogens is 256 g/mol. The number of hydrogen-bond acceptors (Lipinski definition) is 3. The van der Waals surface area contributed by atoms with E-state index in [1.54, 1.807) is 25.1 Å². The largest absolute Gasteiger partial charge is 0.485 e. The standard InChI is InChI=1S/C16H14O4/c1-10(16(17)18)11-6-7-14-15(8-11)19-9-12-4-2-3-5-13(12)20-14/h2-8,10H,9H2,1H3,(H,17,18)/t10-/m0/s1. The maximum Gasteiger partial charge on any atom is 0.310 e. The first-order valence-electron chi connectivity index (χ1n) is 6.40. The van der Waals surface area contributed by atoms with Crippen molar-refractivity contribution in [3.05, 3.63) is 53.6 Å². The van der Waals surface area contributed by atoms with Gasteiger partial charge in [0.2, 0.25) is 0 Å². The number of fused-ring (bicyclic) bond motifs is 2. The van der Waals surface area contributed by atoms with Gasteiger partial charge in [-0.25, -0.2) is 0 Å². The molecule has 2 aromatic carbocycles. The summed E-state index contributed by atoms with van der Waals surface area (Å²) in [5.74, 6) is 0.519. The van der Waals surface area contributed by atoms with E-state index in [1.807, 2.05) is 24.3 Å².